The van der Waals surface area contributed by atoms with Gasteiger partial charge >= 0.3 is 0 Å². The Balaban J connectivity index is 2.07. The Morgan fingerprint density at radius 2 is 2.26 bits per heavy atom. The van der Waals surface area contributed by atoms with Crippen molar-refractivity contribution in [1.82, 2.24) is 15.0 Å². The smallest absolute Gasteiger partial charge is 0.297 e. The maximum absolute atomic E-state index is 14.2. The molecular weight excluding hydrogens is 310 g/mol. The van der Waals surface area contributed by atoms with Gasteiger partial charge in [-0.2, -0.15) is 0 Å². The summed E-state index contributed by atoms with van der Waals surface area (Å²) in [4.78, 5) is 18.5. The SMILES string of the molecule is COc1ccc2nc[nH]c(=O)c2c1OC1CCN(N)CC1(F)F. The first-order chi connectivity index (χ1) is 10.9. The van der Waals surface area contributed by atoms with E-state index in [4.69, 9.17) is 15.3 Å². The number of nitrogens with two attached hydrogens (primary N) is 1. The van der Waals surface area contributed by atoms with E-state index in [1.54, 1.807) is 6.07 Å². The van der Waals surface area contributed by atoms with Crippen LogP contribution in [-0.2, 0) is 0 Å². The molecule has 124 valence electrons. The summed E-state index contributed by atoms with van der Waals surface area (Å²) < 4.78 is 39.0. The Kier molecular flexibility index (Phi) is 3.90. The third-order valence-corrected chi connectivity index (χ3v) is 3.77. The van der Waals surface area contributed by atoms with Gasteiger partial charge in [-0.1, -0.05) is 0 Å². The Labute approximate surface area is 130 Å². The zero-order valence-corrected chi connectivity index (χ0v) is 12.4. The predicted octanol–water partition coefficient (Wildman–Crippen LogP) is 0.894. The van der Waals surface area contributed by atoms with Crippen molar-refractivity contribution in [1.29, 1.82) is 0 Å². The van der Waals surface area contributed by atoms with Crippen molar-refractivity contribution in [2.45, 2.75) is 18.4 Å². The van der Waals surface area contributed by atoms with Crippen molar-refractivity contribution in [3.63, 3.8) is 0 Å². The van der Waals surface area contributed by atoms with E-state index in [0.717, 1.165) is 5.01 Å². The van der Waals surface area contributed by atoms with Gasteiger partial charge in [0.15, 0.2) is 17.6 Å². The van der Waals surface area contributed by atoms with Crippen LogP contribution in [0.25, 0.3) is 10.9 Å². The van der Waals surface area contributed by atoms with Crippen LogP contribution in [0.15, 0.2) is 23.3 Å². The van der Waals surface area contributed by atoms with Crippen molar-refractivity contribution < 1.29 is 18.3 Å². The lowest BCUT2D eigenvalue weighted by molar-refractivity contribution is -0.139. The normalized spacial score (nSPS) is 21.3. The number of aromatic amines is 1. The number of benzene rings is 1. The lowest BCUT2D eigenvalue weighted by Gasteiger charge is -2.36. The van der Waals surface area contributed by atoms with Gasteiger partial charge in [-0.3, -0.25) is 10.6 Å². The number of ether oxygens (including phenoxy) is 2. The molecule has 23 heavy (non-hydrogen) atoms. The number of nitrogens with zero attached hydrogens (tertiary/aromatic N) is 2. The van der Waals surface area contributed by atoms with Crippen LogP contribution in [0.5, 0.6) is 11.5 Å². The van der Waals surface area contributed by atoms with Crippen LogP contribution in [-0.4, -0.2) is 47.2 Å². The molecule has 0 saturated carbocycles. The van der Waals surface area contributed by atoms with Crippen LogP contribution in [0.4, 0.5) is 8.78 Å². The van der Waals surface area contributed by atoms with E-state index in [0.29, 0.717) is 5.52 Å². The van der Waals surface area contributed by atoms with Crippen LogP contribution >= 0.6 is 0 Å². The number of hydrogen-bond acceptors (Lipinski definition) is 6. The number of rotatable bonds is 3. The van der Waals surface area contributed by atoms with Crippen molar-refractivity contribution >= 4 is 10.9 Å². The molecule has 0 radical (unpaired) electrons. The first kappa shape index (κ1) is 15.6. The fourth-order valence-electron chi connectivity index (χ4n) is 2.62. The fourth-order valence-corrected chi connectivity index (χ4v) is 2.62. The number of alkyl halides is 2. The highest BCUT2D eigenvalue weighted by Crippen LogP contribution is 2.37. The van der Waals surface area contributed by atoms with Gasteiger partial charge in [0.25, 0.3) is 11.5 Å². The molecule has 2 heterocycles. The number of H-pyrrole nitrogens is 1. The molecule has 0 amide bonds. The topological polar surface area (TPSA) is 93.5 Å². The average Bonchev–Trinajstić information content (AvgIpc) is 2.49. The summed E-state index contributed by atoms with van der Waals surface area (Å²) in [6, 6.07) is 3.09. The van der Waals surface area contributed by atoms with Crippen LogP contribution in [0.2, 0.25) is 0 Å². The third-order valence-electron chi connectivity index (χ3n) is 3.77. The van der Waals surface area contributed by atoms with Crippen LogP contribution in [0.3, 0.4) is 0 Å². The van der Waals surface area contributed by atoms with Crippen LogP contribution in [0.1, 0.15) is 6.42 Å². The summed E-state index contributed by atoms with van der Waals surface area (Å²) in [5.41, 5.74) is -0.146. The summed E-state index contributed by atoms with van der Waals surface area (Å²) in [5.74, 6) is 2.46. The molecule has 1 aliphatic heterocycles. The molecule has 1 aromatic carbocycles. The summed E-state index contributed by atoms with van der Waals surface area (Å²) >= 11 is 0. The second-order valence-corrected chi connectivity index (χ2v) is 5.35. The molecule has 3 N–H and O–H groups in total. The first-order valence-corrected chi connectivity index (χ1v) is 7.01. The number of aromatic nitrogens is 2. The number of fused-ring (bicyclic) bond motifs is 1. The van der Waals surface area contributed by atoms with Crippen molar-refractivity contribution in [2.24, 2.45) is 5.84 Å². The minimum atomic E-state index is -3.14. The van der Waals surface area contributed by atoms with Crippen LogP contribution < -0.4 is 20.9 Å². The minimum Gasteiger partial charge on any atom is -0.493 e. The summed E-state index contributed by atoms with van der Waals surface area (Å²) in [6.45, 7) is -0.346. The Bertz CT molecular complexity index is 780. The number of halogens is 2. The molecule has 1 aliphatic rings. The highest BCUT2D eigenvalue weighted by atomic mass is 19.3. The monoisotopic (exact) mass is 326 g/mol. The lowest BCUT2D eigenvalue weighted by atomic mass is 10.0. The van der Waals surface area contributed by atoms with Gasteiger partial charge in [-0.25, -0.2) is 18.8 Å². The van der Waals surface area contributed by atoms with Gasteiger partial charge in [0.2, 0.25) is 0 Å². The van der Waals surface area contributed by atoms with E-state index >= 15 is 0 Å². The average molecular weight is 326 g/mol. The number of piperidine rings is 1. The predicted molar refractivity (Wildman–Crippen MR) is 78.7 cm³/mol. The van der Waals surface area contributed by atoms with E-state index in [9.17, 15) is 13.6 Å². The quantitative estimate of drug-likeness (QED) is 0.814. The maximum atomic E-state index is 14.2. The molecular formula is C14H16F2N4O3. The van der Waals surface area contributed by atoms with Crippen LogP contribution in [0, 0.1) is 0 Å². The summed E-state index contributed by atoms with van der Waals surface area (Å²) in [7, 11) is 1.37. The molecule has 0 bridgehead atoms. The molecule has 0 spiro atoms. The van der Waals surface area contributed by atoms with Gasteiger partial charge in [-0.15, -0.1) is 0 Å². The maximum Gasteiger partial charge on any atom is 0.297 e. The molecule has 1 saturated heterocycles. The van der Waals surface area contributed by atoms with Crippen molar-refractivity contribution in [3.8, 4) is 11.5 Å². The zero-order chi connectivity index (χ0) is 16.6. The Morgan fingerprint density at radius 3 is 2.96 bits per heavy atom. The second kappa shape index (κ2) is 5.74. The molecule has 2 aromatic rings. The van der Waals surface area contributed by atoms with Gasteiger partial charge in [0.1, 0.15) is 5.39 Å². The molecule has 0 aliphatic carbocycles. The molecule has 1 aromatic heterocycles. The molecule has 3 rings (SSSR count). The first-order valence-electron chi connectivity index (χ1n) is 7.01. The minimum absolute atomic E-state index is 0.0290. The number of hydrazine groups is 1. The Morgan fingerprint density at radius 1 is 1.48 bits per heavy atom. The highest BCUT2D eigenvalue weighted by Gasteiger charge is 2.46. The van der Waals surface area contributed by atoms with E-state index in [-0.39, 0.29) is 29.9 Å². The van der Waals surface area contributed by atoms with Gasteiger partial charge in [0, 0.05) is 13.0 Å². The van der Waals surface area contributed by atoms with Gasteiger partial charge in [0.05, 0.1) is 25.5 Å². The summed E-state index contributed by atoms with van der Waals surface area (Å²) in [5, 5.41) is 1.13. The van der Waals surface area contributed by atoms with E-state index in [1.807, 2.05) is 0 Å². The second-order valence-electron chi connectivity index (χ2n) is 5.35. The largest absolute Gasteiger partial charge is 0.493 e. The molecule has 9 heteroatoms. The van der Waals surface area contributed by atoms with Crippen molar-refractivity contribution in [3.05, 3.63) is 28.8 Å². The van der Waals surface area contributed by atoms with Gasteiger partial charge < -0.3 is 14.5 Å². The van der Waals surface area contributed by atoms with Crippen molar-refractivity contribution in [2.75, 3.05) is 20.2 Å². The van der Waals surface area contributed by atoms with Gasteiger partial charge in [-0.05, 0) is 12.1 Å². The van der Waals surface area contributed by atoms with E-state index in [2.05, 4.69) is 9.97 Å². The highest BCUT2D eigenvalue weighted by molar-refractivity contribution is 5.86. The molecule has 1 atom stereocenters. The standard InChI is InChI=1S/C14H16F2N4O3/c1-22-9-3-2-8-11(13(21)19-7-18-8)12(9)23-10-4-5-20(17)6-14(10,15)16/h2-3,7,10H,4-6,17H2,1H3,(H,18,19,21). The molecule has 1 unspecified atom stereocenters. The summed E-state index contributed by atoms with van der Waals surface area (Å²) in [6.07, 6.45) is -0.134. The number of hydrogen-bond donors (Lipinski definition) is 2. The molecule has 7 nitrogen and oxygen atoms in total. The molecule has 1 fully saturated rings. The van der Waals surface area contributed by atoms with E-state index < -0.39 is 24.1 Å². The lowest BCUT2D eigenvalue weighted by Crippen LogP contribution is -2.56. The fraction of sp³-hybridized carbons (Fsp3) is 0.429. The zero-order valence-electron chi connectivity index (χ0n) is 12.4. The number of nitrogens with one attached hydrogen (secondary N) is 1. The Hall–Kier alpha value is -2.26. The number of methoxy groups -OCH3 is 1. The van der Waals surface area contributed by atoms with E-state index in [1.165, 1.54) is 19.5 Å². The third kappa shape index (κ3) is 2.84.